The standard InChI is InChI=1S/C23H28N2O4S/c1-29-21-11-13-22(14-12-21)30(27,28)25-17-19-7-9-20(10-8-19)23(26)24-16-15-18-5-3-2-4-6-18/h5,7-14,25H,2-4,6,15-17H2,1H3,(H,24,26). The first kappa shape index (κ1) is 22.1. The Bertz CT molecular complexity index is 981. The van der Waals surface area contributed by atoms with Crippen molar-refractivity contribution < 1.29 is 17.9 Å². The summed E-state index contributed by atoms with van der Waals surface area (Å²) in [5.74, 6) is 0.482. The van der Waals surface area contributed by atoms with E-state index in [1.807, 2.05) is 0 Å². The predicted molar refractivity (Wildman–Crippen MR) is 117 cm³/mol. The van der Waals surface area contributed by atoms with E-state index in [1.54, 1.807) is 36.4 Å². The molecule has 7 heteroatoms. The molecular weight excluding hydrogens is 400 g/mol. The highest BCUT2D eigenvalue weighted by molar-refractivity contribution is 7.89. The molecule has 6 nitrogen and oxygen atoms in total. The lowest BCUT2D eigenvalue weighted by molar-refractivity contribution is 0.0954. The van der Waals surface area contributed by atoms with Crippen LogP contribution in [0, 0.1) is 0 Å². The summed E-state index contributed by atoms with van der Waals surface area (Å²) in [6, 6.07) is 13.2. The van der Waals surface area contributed by atoms with Gasteiger partial charge in [-0.1, -0.05) is 23.8 Å². The van der Waals surface area contributed by atoms with E-state index in [4.69, 9.17) is 4.74 Å². The number of hydrogen-bond acceptors (Lipinski definition) is 4. The van der Waals surface area contributed by atoms with Gasteiger partial charge in [0.05, 0.1) is 12.0 Å². The van der Waals surface area contributed by atoms with Crippen LogP contribution in [0.2, 0.25) is 0 Å². The molecule has 3 rings (SSSR count). The number of nitrogens with one attached hydrogen (secondary N) is 2. The number of methoxy groups -OCH3 is 1. The van der Waals surface area contributed by atoms with Crippen molar-refractivity contribution in [2.45, 2.75) is 43.5 Å². The molecule has 1 amide bonds. The van der Waals surface area contributed by atoms with E-state index in [0.29, 0.717) is 17.9 Å². The molecule has 0 atom stereocenters. The highest BCUT2D eigenvalue weighted by atomic mass is 32.2. The minimum Gasteiger partial charge on any atom is -0.497 e. The van der Waals surface area contributed by atoms with Crippen LogP contribution in [-0.4, -0.2) is 28.0 Å². The van der Waals surface area contributed by atoms with Gasteiger partial charge in [0, 0.05) is 18.7 Å². The Kier molecular flexibility index (Phi) is 7.65. The van der Waals surface area contributed by atoms with Gasteiger partial charge in [0.25, 0.3) is 5.91 Å². The Morgan fingerprint density at radius 2 is 1.77 bits per heavy atom. The number of amides is 1. The van der Waals surface area contributed by atoms with Gasteiger partial charge in [-0.2, -0.15) is 0 Å². The SMILES string of the molecule is COc1ccc(S(=O)(=O)NCc2ccc(C(=O)NCCC3=CCCCC3)cc2)cc1. The summed E-state index contributed by atoms with van der Waals surface area (Å²) in [5.41, 5.74) is 2.77. The topological polar surface area (TPSA) is 84.5 Å². The molecule has 1 aliphatic rings. The molecule has 160 valence electrons. The Morgan fingerprint density at radius 3 is 2.40 bits per heavy atom. The van der Waals surface area contributed by atoms with Gasteiger partial charge in [0.2, 0.25) is 10.0 Å². The Hall–Kier alpha value is -2.64. The largest absolute Gasteiger partial charge is 0.497 e. The predicted octanol–water partition coefficient (Wildman–Crippen LogP) is 3.79. The lowest BCUT2D eigenvalue weighted by Gasteiger charge is -2.13. The summed E-state index contributed by atoms with van der Waals surface area (Å²) in [4.78, 5) is 12.5. The number of benzene rings is 2. The van der Waals surface area contributed by atoms with Crippen LogP contribution in [0.4, 0.5) is 0 Å². The first-order valence-corrected chi connectivity index (χ1v) is 11.6. The van der Waals surface area contributed by atoms with Crippen molar-refractivity contribution in [1.29, 1.82) is 0 Å². The Morgan fingerprint density at radius 1 is 1.03 bits per heavy atom. The highest BCUT2D eigenvalue weighted by Crippen LogP contribution is 2.19. The quantitative estimate of drug-likeness (QED) is 0.595. The second-order valence-corrected chi connectivity index (χ2v) is 9.08. The van der Waals surface area contributed by atoms with E-state index >= 15 is 0 Å². The number of rotatable bonds is 9. The van der Waals surface area contributed by atoms with E-state index in [0.717, 1.165) is 24.8 Å². The van der Waals surface area contributed by atoms with Crippen molar-refractivity contribution in [3.63, 3.8) is 0 Å². The summed E-state index contributed by atoms with van der Waals surface area (Å²) in [6.45, 7) is 0.776. The number of sulfonamides is 1. The molecule has 0 spiro atoms. The highest BCUT2D eigenvalue weighted by Gasteiger charge is 2.14. The summed E-state index contributed by atoms with van der Waals surface area (Å²) < 4.78 is 32.4. The zero-order valence-electron chi connectivity index (χ0n) is 17.2. The molecular formula is C23H28N2O4S. The molecule has 0 aliphatic heterocycles. The van der Waals surface area contributed by atoms with Crippen LogP contribution in [0.25, 0.3) is 0 Å². The van der Waals surface area contributed by atoms with E-state index < -0.39 is 10.0 Å². The molecule has 0 bridgehead atoms. The fourth-order valence-electron chi connectivity index (χ4n) is 3.36. The van der Waals surface area contributed by atoms with Crippen molar-refractivity contribution in [2.75, 3.05) is 13.7 Å². The number of carbonyl (C=O) groups excluding carboxylic acids is 1. The third-order valence-corrected chi connectivity index (χ3v) is 6.59. The zero-order valence-corrected chi connectivity index (χ0v) is 18.0. The summed E-state index contributed by atoms with van der Waals surface area (Å²) in [7, 11) is -2.10. The van der Waals surface area contributed by atoms with Gasteiger partial charge in [-0.15, -0.1) is 0 Å². The fraction of sp³-hybridized carbons (Fsp3) is 0.348. The molecule has 0 heterocycles. The number of carbonyl (C=O) groups is 1. The molecule has 0 radical (unpaired) electrons. The number of ether oxygens (including phenoxy) is 1. The molecule has 1 aliphatic carbocycles. The number of allylic oxidation sites excluding steroid dienone is 1. The molecule has 2 N–H and O–H groups in total. The van der Waals surface area contributed by atoms with Crippen LogP contribution in [0.3, 0.4) is 0 Å². The molecule has 0 unspecified atom stereocenters. The maximum Gasteiger partial charge on any atom is 0.251 e. The second kappa shape index (κ2) is 10.4. The van der Waals surface area contributed by atoms with Gasteiger partial charge in [-0.05, 0) is 74.1 Å². The Balaban J connectivity index is 1.49. The molecule has 30 heavy (non-hydrogen) atoms. The van der Waals surface area contributed by atoms with Crippen LogP contribution < -0.4 is 14.8 Å². The molecule has 2 aromatic carbocycles. The minimum atomic E-state index is -3.62. The van der Waals surface area contributed by atoms with E-state index in [1.165, 1.54) is 37.7 Å². The molecule has 0 saturated carbocycles. The summed E-state index contributed by atoms with van der Waals surface area (Å²) in [6.07, 6.45) is 7.97. The lowest BCUT2D eigenvalue weighted by atomic mass is 9.97. The van der Waals surface area contributed by atoms with Gasteiger partial charge < -0.3 is 10.1 Å². The van der Waals surface area contributed by atoms with Crippen LogP contribution in [0.15, 0.2) is 65.1 Å². The van der Waals surface area contributed by atoms with E-state index in [-0.39, 0.29) is 17.3 Å². The molecule has 0 saturated heterocycles. The minimum absolute atomic E-state index is 0.114. The van der Waals surface area contributed by atoms with Crippen molar-refractivity contribution in [3.8, 4) is 5.75 Å². The van der Waals surface area contributed by atoms with Crippen LogP contribution in [0.5, 0.6) is 5.75 Å². The van der Waals surface area contributed by atoms with Gasteiger partial charge in [0.15, 0.2) is 0 Å². The summed E-state index contributed by atoms with van der Waals surface area (Å²) in [5, 5.41) is 2.95. The smallest absolute Gasteiger partial charge is 0.251 e. The van der Waals surface area contributed by atoms with Gasteiger partial charge in [-0.3, -0.25) is 4.79 Å². The average molecular weight is 429 g/mol. The van der Waals surface area contributed by atoms with E-state index in [9.17, 15) is 13.2 Å². The Labute approximate surface area is 178 Å². The second-order valence-electron chi connectivity index (χ2n) is 7.31. The zero-order chi connectivity index (χ0) is 21.4. The molecule has 0 fully saturated rings. The monoisotopic (exact) mass is 428 g/mol. The first-order valence-electron chi connectivity index (χ1n) is 10.2. The van der Waals surface area contributed by atoms with Crippen molar-refractivity contribution in [2.24, 2.45) is 0 Å². The maximum atomic E-state index is 12.4. The van der Waals surface area contributed by atoms with Crippen molar-refractivity contribution in [3.05, 3.63) is 71.3 Å². The normalized spacial score (nSPS) is 14.1. The number of hydrogen-bond donors (Lipinski definition) is 2. The van der Waals surface area contributed by atoms with Crippen molar-refractivity contribution in [1.82, 2.24) is 10.0 Å². The molecule has 2 aromatic rings. The maximum absolute atomic E-state index is 12.4. The van der Waals surface area contributed by atoms with Gasteiger partial charge >= 0.3 is 0 Å². The van der Waals surface area contributed by atoms with Crippen molar-refractivity contribution >= 4 is 15.9 Å². The third-order valence-electron chi connectivity index (χ3n) is 5.17. The van der Waals surface area contributed by atoms with Gasteiger partial charge in [-0.25, -0.2) is 13.1 Å². The molecule has 0 aromatic heterocycles. The lowest BCUT2D eigenvalue weighted by Crippen LogP contribution is -2.25. The van der Waals surface area contributed by atoms with Crippen LogP contribution in [-0.2, 0) is 16.6 Å². The van der Waals surface area contributed by atoms with Crippen LogP contribution >= 0.6 is 0 Å². The first-order chi connectivity index (χ1) is 14.5. The average Bonchev–Trinajstić information content (AvgIpc) is 2.79. The van der Waals surface area contributed by atoms with E-state index in [2.05, 4.69) is 16.1 Å². The summed E-state index contributed by atoms with van der Waals surface area (Å²) >= 11 is 0. The third kappa shape index (κ3) is 6.18. The van der Waals surface area contributed by atoms with Crippen LogP contribution in [0.1, 0.15) is 48.0 Å². The fourth-order valence-corrected chi connectivity index (χ4v) is 4.38. The van der Waals surface area contributed by atoms with Gasteiger partial charge in [0.1, 0.15) is 5.75 Å².